The molecule has 2 aliphatic heterocycles. The van der Waals surface area contributed by atoms with Gasteiger partial charge in [0, 0.05) is 50.7 Å². The normalized spacial score (nSPS) is 17.1. The van der Waals surface area contributed by atoms with Gasteiger partial charge in [-0.15, -0.1) is 0 Å². The molecule has 0 unspecified atom stereocenters. The summed E-state index contributed by atoms with van der Waals surface area (Å²) < 4.78 is 11.2. The third-order valence-corrected chi connectivity index (χ3v) is 7.51. The van der Waals surface area contributed by atoms with E-state index < -0.39 is 0 Å². The van der Waals surface area contributed by atoms with Crippen LogP contribution < -0.4 is 25.2 Å². The second-order valence-electron chi connectivity index (χ2n) is 9.66. The number of carbonyl (C=O) groups excluding carboxylic acids is 2. The minimum atomic E-state index is -0.329. The van der Waals surface area contributed by atoms with E-state index in [1.165, 1.54) is 0 Å². The zero-order valence-electron chi connectivity index (χ0n) is 22.0. The lowest BCUT2D eigenvalue weighted by molar-refractivity contribution is 0.0858. The molecule has 0 aromatic heterocycles. The standard InChI is InChI=1S/C30H33ClN4O4/c1-38-28-11-5-4-10-27(28)35-16-14-34(15-17-35)26-13-12-21(33-30(37)23-8-2-3-9-25(23)31)19-24(26)29(36)32-20-22-7-6-18-39-22/h2-5,8-13,19,22H,6-7,14-18,20H2,1H3,(H,32,36)(H,33,37)/t22-/m0/s1. The van der Waals surface area contributed by atoms with Crippen molar-refractivity contribution in [1.82, 2.24) is 5.32 Å². The number of para-hydroxylation sites is 2. The molecule has 5 rings (SSSR count). The van der Waals surface area contributed by atoms with Gasteiger partial charge in [0.1, 0.15) is 5.75 Å². The van der Waals surface area contributed by atoms with Crippen LogP contribution in [0.2, 0.25) is 5.02 Å². The van der Waals surface area contributed by atoms with Crippen LogP contribution >= 0.6 is 11.6 Å². The third kappa shape index (κ3) is 6.29. The van der Waals surface area contributed by atoms with Crippen LogP contribution in [0.3, 0.4) is 0 Å². The Hall–Kier alpha value is -3.75. The Balaban J connectivity index is 1.35. The van der Waals surface area contributed by atoms with Crippen molar-refractivity contribution in [2.45, 2.75) is 18.9 Å². The molecule has 2 fully saturated rings. The van der Waals surface area contributed by atoms with Crippen molar-refractivity contribution in [1.29, 1.82) is 0 Å². The molecule has 204 valence electrons. The number of halogens is 1. The van der Waals surface area contributed by atoms with Gasteiger partial charge in [-0.25, -0.2) is 0 Å². The van der Waals surface area contributed by atoms with Crippen molar-refractivity contribution in [3.05, 3.63) is 82.9 Å². The molecule has 2 heterocycles. The van der Waals surface area contributed by atoms with Gasteiger partial charge in [-0.3, -0.25) is 9.59 Å². The summed E-state index contributed by atoms with van der Waals surface area (Å²) in [6.07, 6.45) is 1.97. The first-order chi connectivity index (χ1) is 19.0. The van der Waals surface area contributed by atoms with Crippen LogP contribution in [0, 0.1) is 0 Å². The number of hydrogen-bond acceptors (Lipinski definition) is 6. The lowest BCUT2D eigenvalue weighted by Crippen LogP contribution is -2.47. The minimum Gasteiger partial charge on any atom is -0.495 e. The zero-order chi connectivity index (χ0) is 27.2. The van der Waals surface area contributed by atoms with Gasteiger partial charge >= 0.3 is 0 Å². The molecule has 2 aliphatic rings. The van der Waals surface area contributed by atoms with E-state index in [0.29, 0.717) is 28.4 Å². The molecule has 2 N–H and O–H groups in total. The largest absolute Gasteiger partial charge is 0.495 e. The fraction of sp³-hybridized carbons (Fsp3) is 0.333. The highest BCUT2D eigenvalue weighted by molar-refractivity contribution is 6.34. The predicted octanol–water partition coefficient (Wildman–Crippen LogP) is 4.84. The molecule has 0 spiro atoms. The summed E-state index contributed by atoms with van der Waals surface area (Å²) in [6, 6.07) is 20.4. The van der Waals surface area contributed by atoms with Gasteiger partial charge in [-0.2, -0.15) is 0 Å². The zero-order valence-corrected chi connectivity index (χ0v) is 22.7. The molecule has 8 nitrogen and oxygen atoms in total. The third-order valence-electron chi connectivity index (χ3n) is 7.18. The number of nitrogens with one attached hydrogen (secondary N) is 2. The average molecular weight is 549 g/mol. The maximum absolute atomic E-state index is 13.4. The van der Waals surface area contributed by atoms with Crippen LogP contribution in [-0.4, -0.2) is 64.4 Å². The summed E-state index contributed by atoms with van der Waals surface area (Å²) in [5.74, 6) is 0.324. The van der Waals surface area contributed by atoms with E-state index in [0.717, 1.165) is 62.8 Å². The summed E-state index contributed by atoms with van der Waals surface area (Å²) in [4.78, 5) is 30.8. The summed E-state index contributed by atoms with van der Waals surface area (Å²) in [5, 5.41) is 6.30. The van der Waals surface area contributed by atoms with E-state index in [9.17, 15) is 9.59 Å². The van der Waals surface area contributed by atoms with E-state index in [1.54, 1.807) is 37.4 Å². The average Bonchev–Trinajstić information content (AvgIpc) is 3.50. The fourth-order valence-corrected chi connectivity index (χ4v) is 5.32. The number of ether oxygens (including phenoxy) is 2. The number of carbonyl (C=O) groups is 2. The van der Waals surface area contributed by atoms with E-state index in [-0.39, 0.29) is 17.9 Å². The van der Waals surface area contributed by atoms with Crippen LogP contribution in [0.15, 0.2) is 66.7 Å². The molecule has 1 atom stereocenters. The van der Waals surface area contributed by atoms with Crippen molar-refractivity contribution < 1.29 is 19.1 Å². The SMILES string of the molecule is COc1ccccc1N1CCN(c2ccc(NC(=O)c3ccccc3Cl)cc2C(=O)NC[C@@H]2CCCO2)CC1. The Morgan fingerprint density at radius 2 is 1.64 bits per heavy atom. The van der Waals surface area contributed by atoms with Crippen LogP contribution in [0.25, 0.3) is 0 Å². The Labute approximate surface area is 233 Å². The Kier molecular flexibility index (Phi) is 8.54. The monoisotopic (exact) mass is 548 g/mol. The van der Waals surface area contributed by atoms with E-state index in [2.05, 4.69) is 26.5 Å². The summed E-state index contributed by atoms with van der Waals surface area (Å²) in [7, 11) is 1.68. The van der Waals surface area contributed by atoms with Gasteiger partial charge < -0.3 is 29.9 Å². The fourth-order valence-electron chi connectivity index (χ4n) is 5.10. The Bertz CT molecular complexity index is 1320. The number of methoxy groups -OCH3 is 1. The van der Waals surface area contributed by atoms with Crippen LogP contribution in [0.4, 0.5) is 17.1 Å². The number of benzene rings is 3. The van der Waals surface area contributed by atoms with Gasteiger partial charge in [0.25, 0.3) is 11.8 Å². The second-order valence-corrected chi connectivity index (χ2v) is 10.1. The van der Waals surface area contributed by atoms with Gasteiger partial charge in [-0.05, 0) is 55.3 Å². The highest BCUT2D eigenvalue weighted by Gasteiger charge is 2.25. The van der Waals surface area contributed by atoms with Crippen molar-refractivity contribution in [3.63, 3.8) is 0 Å². The molecule has 2 saturated heterocycles. The molecule has 3 aromatic rings. The first kappa shape index (κ1) is 26.8. The number of rotatable bonds is 8. The Morgan fingerprint density at radius 3 is 2.36 bits per heavy atom. The highest BCUT2D eigenvalue weighted by atomic mass is 35.5. The van der Waals surface area contributed by atoms with Gasteiger partial charge in [-0.1, -0.05) is 35.9 Å². The molecule has 39 heavy (non-hydrogen) atoms. The number of hydrogen-bond donors (Lipinski definition) is 2. The highest BCUT2D eigenvalue weighted by Crippen LogP contribution is 2.31. The lowest BCUT2D eigenvalue weighted by Gasteiger charge is -2.38. The smallest absolute Gasteiger partial charge is 0.257 e. The molecular weight excluding hydrogens is 516 g/mol. The number of nitrogens with zero attached hydrogens (tertiary/aromatic N) is 2. The topological polar surface area (TPSA) is 83.1 Å². The van der Waals surface area contributed by atoms with Gasteiger partial charge in [0.15, 0.2) is 0 Å². The number of piperazine rings is 1. The summed E-state index contributed by atoms with van der Waals surface area (Å²) >= 11 is 6.22. The lowest BCUT2D eigenvalue weighted by atomic mass is 10.1. The van der Waals surface area contributed by atoms with Crippen molar-refractivity contribution in [2.75, 3.05) is 61.6 Å². The van der Waals surface area contributed by atoms with Crippen LogP contribution in [-0.2, 0) is 4.74 Å². The molecule has 0 aliphatic carbocycles. The first-order valence-corrected chi connectivity index (χ1v) is 13.6. The van der Waals surface area contributed by atoms with Crippen LogP contribution in [0.5, 0.6) is 5.75 Å². The second kappa shape index (κ2) is 12.4. The predicted molar refractivity (Wildman–Crippen MR) is 155 cm³/mol. The summed E-state index contributed by atoms with van der Waals surface area (Å²) in [6.45, 7) is 4.21. The van der Waals surface area contributed by atoms with Gasteiger partial charge in [0.05, 0.1) is 35.1 Å². The minimum absolute atomic E-state index is 0.0323. The molecule has 0 saturated carbocycles. The van der Waals surface area contributed by atoms with E-state index >= 15 is 0 Å². The van der Waals surface area contributed by atoms with E-state index in [1.807, 2.05) is 30.3 Å². The van der Waals surface area contributed by atoms with E-state index in [4.69, 9.17) is 21.1 Å². The molecule has 2 amide bonds. The number of anilines is 3. The molecular formula is C30H33ClN4O4. The van der Waals surface area contributed by atoms with Crippen molar-refractivity contribution in [3.8, 4) is 5.75 Å². The molecule has 3 aromatic carbocycles. The maximum atomic E-state index is 13.4. The first-order valence-electron chi connectivity index (χ1n) is 13.3. The quantitative estimate of drug-likeness (QED) is 0.419. The van der Waals surface area contributed by atoms with Crippen LogP contribution in [0.1, 0.15) is 33.6 Å². The number of amides is 2. The van der Waals surface area contributed by atoms with Crippen molar-refractivity contribution in [2.24, 2.45) is 0 Å². The molecule has 0 bridgehead atoms. The molecule has 0 radical (unpaired) electrons. The van der Waals surface area contributed by atoms with Crippen molar-refractivity contribution >= 4 is 40.5 Å². The Morgan fingerprint density at radius 1 is 0.923 bits per heavy atom. The molecule has 9 heteroatoms. The van der Waals surface area contributed by atoms with Gasteiger partial charge in [0.2, 0.25) is 0 Å². The summed E-state index contributed by atoms with van der Waals surface area (Å²) in [5.41, 5.74) is 3.30. The maximum Gasteiger partial charge on any atom is 0.257 e.